The number of ketones is 1. The zero-order valence-electron chi connectivity index (χ0n) is 11.3. The number of rotatable bonds is 4. The molecule has 0 unspecified atom stereocenters. The lowest BCUT2D eigenvalue weighted by atomic mass is 10.0. The van der Waals surface area contributed by atoms with E-state index in [9.17, 15) is 9.18 Å². The molecule has 0 spiro atoms. The lowest BCUT2D eigenvalue weighted by Gasteiger charge is -2.07. The molecule has 5 heteroatoms. The van der Waals surface area contributed by atoms with Gasteiger partial charge >= 0.3 is 0 Å². The van der Waals surface area contributed by atoms with Gasteiger partial charge in [0.2, 0.25) is 0 Å². The number of benzene rings is 1. The van der Waals surface area contributed by atoms with E-state index in [1.54, 1.807) is 13.0 Å². The Labute approximate surface area is 121 Å². The molecule has 104 valence electrons. The van der Waals surface area contributed by atoms with Crippen LogP contribution in [-0.2, 0) is 12.8 Å². The van der Waals surface area contributed by atoms with Gasteiger partial charge in [0.05, 0.1) is 11.4 Å². The number of hydrogen-bond donors (Lipinski definition) is 0. The van der Waals surface area contributed by atoms with Crippen LogP contribution in [0.3, 0.4) is 0 Å². The summed E-state index contributed by atoms with van der Waals surface area (Å²) in [6, 6.07) is 5.76. The van der Waals surface area contributed by atoms with Crippen molar-refractivity contribution in [2.45, 2.75) is 26.7 Å². The smallest absolute Gasteiger partial charge is 0.169 e. The number of halogens is 2. The van der Waals surface area contributed by atoms with Gasteiger partial charge in [-0.3, -0.25) is 4.79 Å². The molecule has 0 saturated carbocycles. The molecule has 2 aromatic rings. The van der Waals surface area contributed by atoms with Crippen LogP contribution in [0.1, 0.15) is 34.2 Å². The fourth-order valence-corrected chi connectivity index (χ4v) is 2.18. The highest BCUT2D eigenvalue weighted by Crippen LogP contribution is 2.20. The minimum absolute atomic E-state index is 0.0895. The Hall–Kier alpha value is -1.81. The highest BCUT2D eigenvalue weighted by Gasteiger charge is 2.15. The SMILES string of the molecule is CCc1nnc(C)cc1C(=O)Cc1ccc(F)cc1Cl. The van der Waals surface area contributed by atoms with Crippen molar-refractivity contribution < 1.29 is 9.18 Å². The summed E-state index contributed by atoms with van der Waals surface area (Å²) in [5.41, 5.74) is 2.52. The number of Topliss-reactive ketones (excluding diaryl/α,β-unsaturated/α-hetero) is 1. The molecule has 0 aliphatic heterocycles. The van der Waals surface area contributed by atoms with Crippen LogP contribution in [0.15, 0.2) is 24.3 Å². The quantitative estimate of drug-likeness (QED) is 0.809. The van der Waals surface area contributed by atoms with Crippen LogP contribution in [0.25, 0.3) is 0 Å². The first kappa shape index (κ1) is 14.6. The lowest BCUT2D eigenvalue weighted by Crippen LogP contribution is -2.10. The molecule has 0 saturated heterocycles. The van der Waals surface area contributed by atoms with Crippen molar-refractivity contribution in [3.8, 4) is 0 Å². The van der Waals surface area contributed by atoms with Crippen LogP contribution in [0.2, 0.25) is 5.02 Å². The minimum Gasteiger partial charge on any atom is -0.294 e. The second-order valence-corrected chi connectivity index (χ2v) is 4.94. The molecule has 0 amide bonds. The summed E-state index contributed by atoms with van der Waals surface area (Å²) < 4.78 is 13.0. The molecule has 0 radical (unpaired) electrons. The Kier molecular flexibility index (Phi) is 4.45. The van der Waals surface area contributed by atoms with Gasteiger partial charge in [0.15, 0.2) is 5.78 Å². The molecule has 0 aliphatic rings. The molecule has 0 fully saturated rings. The van der Waals surface area contributed by atoms with Gasteiger partial charge < -0.3 is 0 Å². The van der Waals surface area contributed by atoms with Crippen molar-refractivity contribution in [3.63, 3.8) is 0 Å². The fraction of sp³-hybridized carbons (Fsp3) is 0.267. The average molecular weight is 293 g/mol. The predicted octanol–water partition coefficient (Wildman–Crippen LogP) is 3.57. The first-order valence-electron chi connectivity index (χ1n) is 6.31. The third-order valence-electron chi connectivity index (χ3n) is 2.99. The maximum Gasteiger partial charge on any atom is 0.169 e. The monoisotopic (exact) mass is 292 g/mol. The first-order valence-corrected chi connectivity index (χ1v) is 6.69. The van der Waals surface area contributed by atoms with Crippen molar-refractivity contribution in [1.29, 1.82) is 0 Å². The predicted molar refractivity (Wildman–Crippen MR) is 75.6 cm³/mol. The number of carbonyl (C=O) groups excluding carboxylic acids is 1. The second-order valence-electron chi connectivity index (χ2n) is 4.54. The topological polar surface area (TPSA) is 42.9 Å². The Morgan fingerprint density at radius 3 is 2.70 bits per heavy atom. The van der Waals surface area contributed by atoms with E-state index in [0.717, 1.165) is 0 Å². The average Bonchev–Trinajstić information content (AvgIpc) is 2.41. The van der Waals surface area contributed by atoms with Crippen molar-refractivity contribution in [3.05, 3.63) is 57.6 Å². The molecule has 3 nitrogen and oxygen atoms in total. The molecular weight excluding hydrogens is 279 g/mol. The molecule has 2 rings (SSSR count). The molecule has 0 N–H and O–H groups in total. The van der Waals surface area contributed by atoms with Gasteiger partial charge in [0.1, 0.15) is 5.82 Å². The summed E-state index contributed by atoms with van der Waals surface area (Å²) >= 11 is 5.95. The maximum absolute atomic E-state index is 13.0. The van der Waals surface area contributed by atoms with Gasteiger partial charge in [-0.25, -0.2) is 4.39 Å². The molecular formula is C15H14ClFN2O. The van der Waals surface area contributed by atoms with Crippen molar-refractivity contribution >= 4 is 17.4 Å². The third kappa shape index (κ3) is 3.20. The number of nitrogens with zero attached hydrogens (tertiary/aromatic N) is 2. The van der Waals surface area contributed by atoms with Crippen molar-refractivity contribution in [2.24, 2.45) is 0 Å². The standard InChI is InChI=1S/C15H14ClFN2O/c1-3-14-12(6-9(2)18-19-14)15(20)7-10-4-5-11(17)8-13(10)16/h4-6,8H,3,7H2,1-2H3. The van der Waals surface area contributed by atoms with E-state index < -0.39 is 5.82 Å². The summed E-state index contributed by atoms with van der Waals surface area (Å²) in [4.78, 5) is 12.4. The molecule has 1 heterocycles. The molecule has 0 aliphatic carbocycles. The zero-order valence-corrected chi connectivity index (χ0v) is 12.0. The fourth-order valence-electron chi connectivity index (χ4n) is 1.95. The molecule has 1 aromatic carbocycles. The minimum atomic E-state index is -0.415. The Bertz CT molecular complexity index is 658. The van der Waals surface area contributed by atoms with Gasteiger partial charge in [0, 0.05) is 17.0 Å². The van der Waals surface area contributed by atoms with Crippen LogP contribution in [0.4, 0.5) is 4.39 Å². The number of carbonyl (C=O) groups is 1. The highest BCUT2D eigenvalue weighted by atomic mass is 35.5. The van der Waals surface area contributed by atoms with E-state index in [4.69, 9.17) is 11.6 Å². The van der Waals surface area contributed by atoms with Crippen molar-refractivity contribution in [1.82, 2.24) is 10.2 Å². The summed E-state index contributed by atoms with van der Waals surface area (Å²) in [5, 5.41) is 8.24. The van der Waals surface area contributed by atoms with E-state index in [1.807, 2.05) is 6.92 Å². The molecule has 0 atom stereocenters. The summed E-state index contributed by atoms with van der Waals surface area (Å²) in [7, 11) is 0. The largest absolute Gasteiger partial charge is 0.294 e. The van der Waals surface area contributed by atoms with Crippen LogP contribution in [0.5, 0.6) is 0 Å². The normalized spacial score (nSPS) is 10.6. The van der Waals surface area contributed by atoms with E-state index in [1.165, 1.54) is 18.2 Å². The zero-order chi connectivity index (χ0) is 14.7. The molecule has 0 bridgehead atoms. The summed E-state index contributed by atoms with van der Waals surface area (Å²) in [5.74, 6) is -0.504. The Balaban J connectivity index is 2.30. The van der Waals surface area contributed by atoms with Crippen LogP contribution in [-0.4, -0.2) is 16.0 Å². The molecule has 20 heavy (non-hydrogen) atoms. The number of aromatic nitrogens is 2. The third-order valence-corrected chi connectivity index (χ3v) is 3.35. The van der Waals surface area contributed by atoms with Crippen molar-refractivity contribution in [2.75, 3.05) is 0 Å². The van der Waals surface area contributed by atoms with Gasteiger partial charge in [0.25, 0.3) is 0 Å². The van der Waals surface area contributed by atoms with Gasteiger partial charge in [-0.05, 0) is 37.1 Å². The Morgan fingerprint density at radius 2 is 2.05 bits per heavy atom. The number of aryl methyl sites for hydroxylation is 2. The Morgan fingerprint density at radius 1 is 1.30 bits per heavy atom. The van der Waals surface area contributed by atoms with E-state index >= 15 is 0 Å². The van der Waals surface area contributed by atoms with Gasteiger partial charge in [-0.1, -0.05) is 24.6 Å². The van der Waals surface area contributed by atoms with Gasteiger partial charge in [-0.2, -0.15) is 10.2 Å². The maximum atomic E-state index is 13.0. The first-order chi connectivity index (χ1) is 9.51. The number of hydrogen-bond acceptors (Lipinski definition) is 3. The lowest BCUT2D eigenvalue weighted by molar-refractivity contribution is 0.0991. The summed E-state index contributed by atoms with van der Waals surface area (Å²) in [6.45, 7) is 3.70. The van der Waals surface area contributed by atoms with Crippen LogP contribution in [0, 0.1) is 12.7 Å². The van der Waals surface area contributed by atoms with Gasteiger partial charge in [-0.15, -0.1) is 0 Å². The highest BCUT2D eigenvalue weighted by molar-refractivity contribution is 6.31. The van der Waals surface area contributed by atoms with Crippen LogP contribution >= 0.6 is 11.6 Å². The molecule has 1 aromatic heterocycles. The van der Waals surface area contributed by atoms with Crippen LogP contribution < -0.4 is 0 Å². The van der Waals surface area contributed by atoms with E-state index in [-0.39, 0.29) is 17.2 Å². The summed E-state index contributed by atoms with van der Waals surface area (Å²) in [6.07, 6.45) is 0.753. The second kappa shape index (κ2) is 6.09. The van der Waals surface area contributed by atoms with E-state index in [2.05, 4.69) is 10.2 Å². The van der Waals surface area contributed by atoms with E-state index in [0.29, 0.717) is 28.9 Å².